The van der Waals surface area contributed by atoms with Crippen molar-refractivity contribution in [3.63, 3.8) is 0 Å². The molecule has 0 aliphatic heterocycles. The molecule has 0 amide bonds. The van der Waals surface area contributed by atoms with E-state index < -0.39 is 0 Å². The zero-order valence-corrected chi connectivity index (χ0v) is 12.0. The highest BCUT2D eigenvalue weighted by Crippen LogP contribution is 2.23. The van der Waals surface area contributed by atoms with Crippen LogP contribution in [0.4, 0.5) is 0 Å². The SMILES string of the molecule is CCC(C)CN(C)CC(N)c1ccccc1OC. The van der Waals surface area contributed by atoms with Crippen LogP contribution in [0, 0.1) is 5.92 Å². The van der Waals surface area contributed by atoms with Crippen LogP contribution in [0.1, 0.15) is 31.9 Å². The second-order valence-corrected chi connectivity index (χ2v) is 5.08. The first kappa shape index (κ1) is 15.0. The number of likely N-dealkylation sites (N-methyl/N-ethyl adjacent to an activating group) is 1. The minimum Gasteiger partial charge on any atom is -0.496 e. The summed E-state index contributed by atoms with van der Waals surface area (Å²) >= 11 is 0. The highest BCUT2D eigenvalue weighted by atomic mass is 16.5. The van der Waals surface area contributed by atoms with Gasteiger partial charge in [0.25, 0.3) is 0 Å². The van der Waals surface area contributed by atoms with Crippen molar-refractivity contribution < 1.29 is 4.74 Å². The highest BCUT2D eigenvalue weighted by molar-refractivity contribution is 5.35. The third-order valence-electron chi connectivity index (χ3n) is 3.37. The molecule has 2 N–H and O–H groups in total. The van der Waals surface area contributed by atoms with Gasteiger partial charge in [-0.2, -0.15) is 0 Å². The first-order valence-corrected chi connectivity index (χ1v) is 6.65. The van der Waals surface area contributed by atoms with E-state index in [0.717, 1.165) is 24.4 Å². The number of rotatable bonds is 7. The van der Waals surface area contributed by atoms with Crippen LogP contribution in [0.2, 0.25) is 0 Å². The van der Waals surface area contributed by atoms with Gasteiger partial charge in [-0.1, -0.05) is 38.5 Å². The summed E-state index contributed by atoms with van der Waals surface area (Å²) < 4.78 is 5.35. The lowest BCUT2D eigenvalue weighted by molar-refractivity contribution is 0.265. The minimum atomic E-state index is -0.00444. The Hall–Kier alpha value is -1.06. The molecule has 0 fully saturated rings. The maximum Gasteiger partial charge on any atom is 0.123 e. The van der Waals surface area contributed by atoms with Crippen LogP contribution in [0.3, 0.4) is 0 Å². The molecule has 2 atom stereocenters. The quantitative estimate of drug-likeness (QED) is 0.808. The molecule has 1 rings (SSSR count). The topological polar surface area (TPSA) is 38.5 Å². The molecule has 1 aromatic rings. The average Bonchev–Trinajstić information content (AvgIpc) is 2.38. The van der Waals surface area contributed by atoms with Gasteiger partial charge in [-0.05, 0) is 19.0 Å². The fourth-order valence-corrected chi connectivity index (χ4v) is 2.14. The van der Waals surface area contributed by atoms with Gasteiger partial charge in [-0.25, -0.2) is 0 Å². The van der Waals surface area contributed by atoms with Gasteiger partial charge < -0.3 is 15.4 Å². The van der Waals surface area contributed by atoms with E-state index in [2.05, 4.69) is 25.8 Å². The maximum absolute atomic E-state index is 6.27. The minimum absolute atomic E-state index is 0.00444. The van der Waals surface area contributed by atoms with Crippen LogP contribution in [0.25, 0.3) is 0 Å². The average molecular weight is 250 g/mol. The maximum atomic E-state index is 6.27. The summed E-state index contributed by atoms with van der Waals surface area (Å²) in [6.45, 7) is 6.42. The van der Waals surface area contributed by atoms with Gasteiger partial charge in [0.15, 0.2) is 0 Å². The van der Waals surface area contributed by atoms with Crippen molar-refractivity contribution in [1.82, 2.24) is 4.90 Å². The van der Waals surface area contributed by atoms with Crippen LogP contribution in [-0.4, -0.2) is 32.1 Å². The summed E-state index contributed by atoms with van der Waals surface area (Å²) in [5, 5.41) is 0. The molecule has 0 aliphatic carbocycles. The first-order chi connectivity index (χ1) is 8.58. The van der Waals surface area contributed by atoms with Crippen molar-refractivity contribution in [2.45, 2.75) is 26.3 Å². The van der Waals surface area contributed by atoms with Crippen LogP contribution in [-0.2, 0) is 0 Å². The summed E-state index contributed by atoms with van der Waals surface area (Å²) in [6.07, 6.45) is 1.20. The predicted molar refractivity (Wildman–Crippen MR) is 76.9 cm³/mol. The Morgan fingerprint density at radius 1 is 1.28 bits per heavy atom. The monoisotopic (exact) mass is 250 g/mol. The zero-order valence-electron chi connectivity index (χ0n) is 12.0. The lowest BCUT2D eigenvalue weighted by atomic mass is 10.0. The van der Waals surface area contributed by atoms with Crippen molar-refractivity contribution in [2.24, 2.45) is 11.7 Å². The first-order valence-electron chi connectivity index (χ1n) is 6.65. The van der Waals surface area contributed by atoms with Gasteiger partial charge in [-0.15, -0.1) is 0 Å². The normalized spacial score (nSPS) is 14.6. The third kappa shape index (κ3) is 4.31. The number of ether oxygens (including phenoxy) is 1. The highest BCUT2D eigenvalue weighted by Gasteiger charge is 2.14. The summed E-state index contributed by atoms with van der Waals surface area (Å²) in [7, 11) is 3.82. The molecule has 0 saturated heterocycles. The second kappa shape index (κ2) is 7.39. The Bertz CT molecular complexity index is 354. The van der Waals surface area contributed by atoms with E-state index in [9.17, 15) is 0 Å². The van der Waals surface area contributed by atoms with E-state index in [-0.39, 0.29) is 6.04 Å². The molecule has 0 radical (unpaired) electrons. The number of benzene rings is 1. The van der Waals surface area contributed by atoms with Gasteiger partial charge in [0.05, 0.1) is 7.11 Å². The molecule has 3 nitrogen and oxygen atoms in total. The van der Waals surface area contributed by atoms with Crippen molar-refractivity contribution in [3.05, 3.63) is 29.8 Å². The van der Waals surface area contributed by atoms with Gasteiger partial charge in [0.2, 0.25) is 0 Å². The molecule has 0 heterocycles. The molecule has 1 aromatic carbocycles. The lowest BCUT2D eigenvalue weighted by Crippen LogP contribution is -2.32. The molecule has 18 heavy (non-hydrogen) atoms. The Balaban J connectivity index is 2.61. The summed E-state index contributed by atoms with van der Waals surface area (Å²) in [5.74, 6) is 1.59. The number of para-hydroxylation sites is 1. The van der Waals surface area contributed by atoms with Gasteiger partial charge >= 0.3 is 0 Å². The molecule has 0 spiro atoms. The number of nitrogens with zero attached hydrogens (tertiary/aromatic N) is 1. The Morgan fingerprint density at radius 3 is 2.56 bits per heavy atom. The molecule has 102 valence electrons. The smallest absolute Gasteiger partial charge is 0.123 e. The van der Waals surface area contributed by atoms with Crippen LogP contribution < -0.4 is 10.5 Å². The van der Waals surface area contributed by atoms with Crippen molar-refractivity contribution in [3.8, 4) is 5.75 Å². The summed E-state index contributed by atoms with van der Waals surface area (Å²) in [5.41, 5.74) is 7.35. The number of methoxy groups -OCH3 is 1. The molecule has 2 unspecified atom stereocenters. The fourth-order valence-electron chi connectivity index (χ4n) is 2.14. The Labute approximate surface area is 111 Å². The van der Waals surface area contributed by atoms with E-state index in [1.165, 1.54) is 6.42 Å². The fraction of sp³-hybridized carbons (Fsp3) is 0.600. The van der Waals surface area contributed by atoms with Crippen molar-refractivity contribution >= 4 is 0 Å². The molecule has 0 aromatic heterocycles. The molecular formula is C15H26N2O. The zero-order chi connectivity index (χ0) is 13.5. The van der Waals surface area contributed by atoms with E-state index in [1.54, 1.807) is 7.11 Å². The number of hydrogen-bond acceptors (Lipinski definition) is 3. The molecule has 0 bridgehead atoms. The van der Waals surface area contributed by atoms with Crippen molar-refractivity contribution in [1.29, 1.82) is 0 Å². The van der Waals surface area contributed by atoms with Gasteiger partial charge in [-0.3, -0.25) is 0 Å². The van der Waals surface area contributed by atoms with Crippen molar-refractivity contribution in [2.75, 3.05) is 27.2 Å². The largest absolute Gasteiger partial charge is 0.496 e. The standard InChI is InChI=1S/C15H26N2O/c1-5-12(2)10-17(3)11-14(16)13-8-6-7-9-15(13)18-4/h6-9,12,14H,5,10-11,16H2,1-4H3. The number of nitrogens with two attached hydrogens (primary N) is 1. The lowest BCUT2D eigenvalue weighted by Gasteiger charge is -2.24. The molecule has 0 aliphatic rings. The van der Waals surface area contributed by atoms with E-state index in [4.69, 9.17) is 10.5 Å². The van der Waals surface area contributed by atoms with Gasteiger partial charge in [0.1, 0.15) is 5.75 Å². The Kier molecular flexibility index (Phi) is 6.16. The van der Waals surface area contributed by atoms with E-state index >= 15 is 0 Å². The molecule has 0 saturated carbocycles. The second-order valence-electron chi connectivity index (χ2n) is 5.08. The van der Waals surface area contributed by atoms with Gasteiger partial charge in [0, 0.05) is 24.7 Å². The third-order valence-corrected chi connectivity index (χ3v) is 3.37. The molecule has 3 heteroatoms. The predicted octanol–water partition coefficient (Wildman–Crippen LogP) is 2.67. The summed E-state index contributed by atoms with van der Waals surface area (Å²) in [6, 6.07) is 7.98. The summed E-state index contributed by atoms with van der Waals surface area (Å²) in [4.78, 5) is 2.30. The van der Waals surface area contributed by atoms with Crippen LogP contribution >= 0.6 is 0 Å². The van der Waals surface area contributed by atoms with Crippen LogP contribution in [0.15, 0.2) is 24.3 Å². The Morgan fingerprint density at radius 2 is 1.94 bits per heavy atom. The van der Waals surface area contributed by atoms with E-state index in [1.807, 2.05) is 24.3 Å². The van der Waals surface area contributed by atoms with Crippen LogP contribution in [0.5, 0.6) is 5.75 Å². The molecular weight excluding hydrogens is 224 g/mol. The number of hydrogen-bond donors (Lipinski definition) is 1. The van der Waals surface area contributed by atoms with E-state index in [0.29, 0.717) is 5.92 Å².